The summed E-state index contributed by atoms with van der Waals surface area (Å²) in [7, 11) is 0. The third-order valence-electron chi connectivity index (χ3n) is 3.64. The predicted molar refractivity (Wildman–Crippen MR) is 77.7 cm³/mol. The zero-order chi connectivity index (χ0) is 13.5. The van der Waals surface area contributed by atoms with Crippen LogP contribution in [0.15, 0.2) is 24.3 Å². The number of nitrogens with zero attached hydrogens (tertiary/aromatic N) is 2. The van der Waals surface area contributed by atoms with E-state index in [4.69, 9.17) is 5.26 Å². The van der Waals surface area contributed by atoms with Crippen LogP contribution in [-0.4, -0.2) is 30.6 Å². The fourth-order valence-electron chi connectivity index (χ4n) is 2.77. The molecule has 1 N–H and O–H groups in total. The van der Waals surface area contributed by atoms with E-state index in [0.717, 1.165) is 31.7 Å². The molecule has 0 radical (unpaired) electrons. The van der Waals surface area contributed by atoms with Gasteiger partial charge in [0.1, 0.15) is 0 Å². The van der Waals surface area contributed by atoms with E-state index >= 15 is 0 Å². The molecule has 0 spiro atoms. The summed E-state index contributed by atoms with van der Waals surface area (Å²) in [4.78, 5) is 2.50. The summed E-state index contributed by atoms with van der Waals surface area (Å²) in [6.45, 7) is 6.57. The monoisotopic (exact) mass is 257 g/mol. The van der Waals surface area contributed by atoms with Crippen LogP contribution in [0.5, 0.6) is 0 Å². The molecule has 1 fully saturated rings. The standard InChI is InChI=1S/C16H23N3/c1-2-9-19(13-16-7-4-8-18-16)12-15-6-3-5-14(10-15)11-17/h3,5-6,10,16,18H,2,4,7-9,12-13H2,1H3. The first-order valence-electron chi connectivity index (χ1n) is 7.26. The van der Waals surface area contributed by atoms with E-state index in [0.29, 0.717) is 6.04 Å². The molecule has 102 valence electrons. The van der Waals surface area contributed by atoms with Gasteiger partial charge in [-0.2, -0.15) is 5.26 Å². The Morgan fingerprint density at radius 3 is 3.05 bits per heavy atom. The van der Waals surface area contributed by atoms with Crippen molar-refractivity contribution in [3.05, 3.63) is 35.4 Å². The molecule has 0 aliphatic carbocycles. The van der Waals surface area contributed by atoms with E-state index in [2.05, 4.69) is 29.3 Å². The molecule has 0 saturated carbocycles. The summed E-state index contributed by atoms with van der Waals surface area (Å²) in [6.07, 6.45) is 3.76. The van der Waals surface area contributed by atoms with Gasteiger partial charge in [-0.3, -0.25) is 4.90 Å². The van der Waals surface area contributed by atoms with Crippen LogP contribution in [0.4, 0.5) is 0 Å². The Bertz CT molecular complexity index is 430. The van der Waals surface area contributed by atoms with Gasteiger partial charge in [0.05, 0.1) is 11.6 Å². The minimum absolute atomic E-state index is 0.644. The van der Waals surface area contributed by atoms with Crippen molar-refractivity contribution >= 4 is 0 Å². The van der Waals surface area contributed by atoms with Crippen LogP contribution in [0.3, 0.4) is 0 Å². The van der Waals surface area contributed by atoms with Gasteiger partial charge in [-0.15, -0.1) is 0 Å². The van der Waals surface area contributed by atoms with E-state index < -0.39 is 0 Å². The van der Waals surface area contributed by atoms with Gasteiger partial charge in [0.15, 0.2) is 0 Å². The molecule has 1 heterocycles. The smallest absolute Gasteiger partial charge is 0.0991 e. The van der Waals surface area contributed by atoms with Crippen LogP contribution in [0.2, 0.25) is 0 Å². The van der Waals surface area contributed by atoms with Crippen molar-refractivity contribution in [3.63, 3.8) is 0 Å². The molecule has 1 saturated heterocycles. The number of rotatable bonds is 6. The maximum atomic E-state index is 8.96. The van der Waals surface area contributed by atoms with Crippen LogP contribution >= 0.6 is 0 Å². The lowest BCUT2D eigenvalue weighted by atomic mass is 10.1. The molecule has 0 bridgehead atoms. The minimum Gasteiger partial charge on any atom is -0.313 e. The normalized spacial score (nSPS) is 18.7. The van der Waals surface area contributed by atoms with Crippen LogP contribution in [0.1, 0.15) is 37.3 Å². The Labute approximate surface area is 116 Å². The quantitative estimate of drug-likeness (QED) is 0.851. The topological polar surface area (TPSA) is 39.1 Å². The molecular weight excluding hydrogens is 234 g/mol. The highest BCUT2D eigenvalue weighted by Gasteiger charge is 2.17. The second kappa shape index (κ2) is 7.28. The summed E-state index contributed by atoms with van der Waals surface area (Å²) < 4.78 is 0. The van der Waals surface area contributed by atoms with Crippen molar-refractivity contribution in [2.45, 2.75) is 38.8 Å². The van der Waals surface area contributed by atoms with Crippen LogP contribution in [0.25, 0.3) is 0 Å². The van der Waals surface area contributed by atoms with Crippen molar-refractivity contribution in [1.29, 1.82) is 5.26 Å². The van der Waals surface area contributed by atoms with E-state index in [1.807, 2.05) is 18.2 Å². The molecule has 0 amide bonds. The molecule has 1 aromatic carbocycles. The van der Waals surface area contributed by atoms with Gasteiger partial charge in [0, 0.05) is 19.1 Å². The molecule has 1 atom stereocenters. The molecule has 19 heavy (non-hydrogen) atoms. The first-order chi connectivity index (χ1) is 9.31. The Kier molecular flexibility index (Phi) is 5.38. The summed E-state index contributed by atoms with van der Waals surface area (Å²) in [6, 6.07) is 10.8. The molecule has 1 aromatic rings. The fraction of sp³-hybridized carbons (Fsp3) is 0.562. The fourth-order valence-corrected chi connectivity index (χ4v) is 2.77. The molecule has 1 unspecified atom stereocenters. The average Bonchev–Trinajstić information content (AvgIpc) is 2.92. The van der Waals surface area contributed by atoms with Crippen LogP contribution < -0.4 is 5.32 Å². The predicted octanol–water partition coefficient (Wildman–Crippen LogP) is 2.52. The minimum atomic E-state index is 0.644. The SMILES string of the molecule is CCCN(Cc1cccc(C#N)c1)CC1CCCN1. The Morgan fingerprint density at radius 2 is 2.37 bits per heavy atom. The van der Waals surface area contributed by atoms with Crippen molar-refractivity contribution in [1.82, 2.24) is 10.2 Å². The molecule has 3 heteroatoms. The lowest BCUT2D eigenvalue weighted by Gasteiger charge is -2.25. The average molecular weight is 257 g/mol. The third kappa shape index (κ3) is 4.34. The lowest BCUT2D eigenvalue weighted by Crippen LogP contribution is -2.37. The van der Waals surface area contributed by atoms with Gasteiger partial charge >= 0.3 is 0 Å². The third-order valence-corrected chi connectivity index (χ3v) is 3.64. The molecule has 0 aromatic heterocycles. The summed E-state index contributed by atoms with van der Waals surface area (Å²) in [5, 5.41) is 12.5. The van der Waals surface area contributed by atoms with Crippen LogP contribution in [0, 0.1) is 11.3 Å². The largest absolute Gasteiger partial charge is 0.313 e. The maximum Gasteiger partial charge on any atom is 0.0991 e. The lowest BCUT2D eigenvalue weighted by molar-refractivity contribution is 0.241. The first kappa shape index (κ1) is 14.0. The Balaban J connectivity index is 1.96. The van der Waals surface area contributed by atoms with Crippen molar-refractivity contribution < 1.29 is 0 Å². The maximum absolute atomic E-state index is 8.96. The summed E-state index contributed by atoms with van der Waals surface area (Å²) >= 11 is 0. The molecular formula is C16H23N3. The summed E-state index contributed by atoms with van der Waals surface area (Å²) in [5.74, 6) is 0. The van der Waals surface area contributed by atoms with E-state index in [-0.39, 0.29) is 0 Å². The molecule has 1 aliphatic rings. The number of nitriles is 1. The van der Waals surface area contributed by atoms with Gasteiger partial charge in [-0.05, 0) is 50.0 Å². The van der Waals surface area contributed by atoms with Gasteiger partial charge in [-0.25, -0.2) is 0 Å². The van der Waals surface area contributed by atoms with E-state index in [9.17, 15) is 0 Å². The number of benzene rings is 1. The zero-order valence-corrected chi connectivity index (χ0v) is 11.7. The molecule has 1 aliphatic heterocycles. The molecule has 3 nitrogen and oxygen atoms in total. The first-order valence-corrected chi connectivity index (χ1v) is 7.26. The van der Waals surface area contributed by atoms with E-state index in [1.54, 1.807) is 0 Å². The van der Waals surface area contributed by atoms with Crippen molar-refractivity contribution in [3.8, 4) is 6.07 Å². The molecule has 2 rings (SSSR count). The van der Waals surface area contributed by atoms with Gasteiger partial charge < -0.3 is 5.32 Å². The summed E-state index contributed by atoms with van der Waals surface area (Å²) in [5.41, 5.74) is 2.00. The van der Waals surface area contributed by atoms with E-state index in [1.165, 1.54) is 24.8 Å². The highest BCUT2D eigenvalue weighted by Crippen LogP contribution is 2.12. The number of hydrogen-bond acceptors (Lipinski definition) is 3. The highest BCUT2D eigenvalue weighted by molar-refractivity contribution is 5.32. The van der Waals surface area contributed by atoms with Crippen molar-refractivity contribution in [2.24, 2.45) is 0 Å². The van der Waals surface area contributed by atoms with Crippen molar-refractivity contribution in [2.75, 3.05) is 19.6 Å². The van der Waals surface area contributed by atoms with Gasteiger partial charge in [0.2, 0.25) is 0 Å². The second-order valence-electron chi connectivity index (χ2n) is 5.34. The highest BCUT2D eigenvalue weighted by atomic mass is 15.1. The van der Waals surface area contributed by atoms with Crippen LogP contribution in [-0.2, 0) is 6.54 Å². The number of nitrogens with one attached hydrogen (secondary N) is 1. The zero-order valence-electron chi connectivity index (χ0n) is 11.7. The Morgan fingerprint density at radius 1 is 1.47 bits per heavy atom. The van der Waals surface area contributed by atoms with Gasteiger partial charge in [-0.1, -0.05) is 19.1 Å². The second-order valence-corrected chi connectivity index (χ2v) is 5.34. The number of hydrogen-bond donors (Lipinski definition) is 1. The Hall–Kier alpha value is -1.37. The van der Waals surface area contributed by atoms with Gasteiger partial charge in [0.25, 0.3) is 0 Å².